The number of nitrogens with zero attached hydrogens (tertiary/aromatic N) is 2. The Hall–Kier alpha value is -0.740. The lowest BCUT2D eigenvalue weighted by molar-refractivity contribution is 0.781. The third-order valence-corrected chi connectivity index (χ3v) is 5.68. The molecule has 0 saturated heterocycles. The summed E-state index contributed by atoms with van der Waals surface area (Å²) < 4.78 is 0. The minimum Gasteiger partial charge on any atom is -0.249 e. The molecule has 4 heteroatoms. The molecule has 0 aromatic carbocycles. The van der Waals surface area contributed by atoms with Crippen molar-refractivity contribution >= 4 is 22.7 Å². The van der Waals surface area contributed by atoms with E-state index in [-0.39, 0.29) is 0 Å². The topological polar surface area (TPSA) is 25.8 Å². The molecule has 22 heavy (non-hydrogen) atoms. The fraction of sp³-hybridized carbons (Fsp3) is 0.667. The molecule has 0 aliphatic carbocycles. The van der Waals surface area contributed by atoms with Gasteiger partial charge < -0.3 is 0 Å². The van der Waals surface area contributed by atoms with Crippen LogP contribution in [-0.2, 0) is 0 Å². The lowest BCUT2D eigenvalue weighted by Gasteiger charge is -2.07. The van der Waals surface area contributed by atoms with E-state index in [1.54, 1.807) is 22.7 Å². The monoisotopic (exact) mass is 338 g/mol. The van der Waals surface area contributed by atoms with Crippen LogP contribution in [0, 0.1) is 0 Å². The van der Waals surface area contributed by atoms with Crippen molar-refractivity contribution in [2.24, 2.45) is 0 Å². The van der Waals surface area contributed by atoms with Gasteiger partial charge in [0.25, 0.3) is 0 Å². The molecule has 0 amide bonds. The highest BCUT2D eigenvalue weighted by Gasteiger charge is 2.12. The van der Waals surface area contributed by atoms with E-state index in [0.717, 1.165) is 0 Å². The summed E-state index contributed by atoms with van der Waals surface area (Å²) in [7, 11) is 0. The number of thiazole rings is 2. The molecule has 0 unspecified atom stereocenters. The minimum atomic E-state index is 0.568. The van der Waals surface area contributed by atoms with Gasteiger partial charge in [-0.05, 0) is 23.7 Å². The van der Waals surface area contributed by atoms with Gasteiger partial charge in [-0.2, -0.15) is 0 Å². The Bertz CT molecular complexity index is 456. The Morgan fingerprint density at radius 2 is 0.909 bits per heavy atom. The summed E-state index contributed by atoms with van der Waals surface area (Å²) in [5.41, 5.74) is 6.46. The normalized spacial score (nSPS) is 11.5. The van der Waals surface area contributed by atoms with Crippen molar-refractivity contribution in [3.05, 3.63) is 32.2 Å². The third-order valence-electron chi connectivity index (χ3n) is 3.39. The highest BCUT2D eigenvalue weighted by atomic mass is 32.1. The Kier molecular flexibility index (Phi) is 7.70. The van der Waals surface area contributed by atoms with E-state index in [0.29, 0.717) is 23.7 Å². The Balaban J connectivity index is 0.000000220. The summed E-state index contributed by atoms with van der Waals surface area (Å²) in [6.07, 6.45) is 0. The van der Waals surface area contributed by atoms with Crippen molar-refractivity contribution in [3.8, 4) is 0 Å². The Morgan fingerprint density at radius 3 is 1.09 bits per heavy atom. The van der Waals surface area contributed by atoms with Crippen LogP contribution in [0.5, 0.6) is 0 Å². The van der Waals surface area contributed by atoms with Crippen LogP contribution in [0.2, 0.25) is 0 Å². The zero-order valence-electron chi connectivity index (χ0n) is 15.2. The second kappa shape index (κ2) is 8.78. The summed E-state index contributed by atoms with van der Waals surface area (Å²) in [4.78, 5) is 11.6. The average molecular weight is 339 g/mol. The number of aromatic nitrogens is 2. The zero-order chi connectivity index (χ0) is 16.9. The van der Waals surface area contributed by atoms with Crippen molar-refractivity contribution < 1.29 is 0 Å². The highest BCUT2D eigenvalue weighted by molar-refractivity contribution is 7.10. The van der Waals surface area contributed by atoms with Gasteiger partial charge in [-0.1, -0.05) is 55.4 Å². The molecule has 0 fully saturated rings. The van der Waals surface area contributed by atoms with Gasteiger partial charge in [-0.3, -0.25) is 0 Å². The van der Waals surface area contributed by atoms with Crippen LogP contribution < -0.4 is 0 Å². The van der Waals surface area contributed by atoms with Crippen LogP contribution in [-0.4, -0.2) is 9.97 Å². The quantitative estimate of drug-likeness (QED) is 0.614. The molecular formula is C18H30N2S2. The van der Waals surface area contributed by atoms with Crippen LogP contribution in [0.4, 0.5) is 0 Å². The number of hydrogen-bond donors (Lipinski definition) is 0. The molecule has 0 aliphatic heterocycles. The SMILES string of the molecule is CC(C)c1ncsc1C(C)C.CC(C)c1ncsc1C(C)C. The molecule has 2 nitrogen and oxygen atoms in total. The van der Waals surface area contributed by atoms with Gasteiger partial charge in [0.2, 0.25) is 0 Å². The third kappa shape index (κ3) is 5.17. The maximum Gasteiger partial charge on any atom is 0.0797 e. The summed E-state index contributed by atoms with van der Waals surface area (Å²) in [6.45, 7) is 17.7. The first kappa shape index (κ1) is 19.3. The first-order valence-electron chi connectivity index (χ1n) is 8.12. The summed E-state index contributed by atoms with van der Waals surface area (Å²) in [5, 5.41) is 0. The fourth-order valence-electron chi connectivity index (χ4n) is 2.26. The highest BCUT2D eigenvalue weighted by Crippen LogP contribution is 2.28. The second-order valence-electron chi connectivity index (χ2n) is 6.82. The predicted molar refractivity (Wildman–Crippen MR) is 101 cm³/mol. The summed E-state index contributed by atoms with van der Waals surface area (Å²) >= 11 is 3.55. The van der Waals surface area contributed by atoms with Crippen LogP contribution in [0.15, 0.2) is 11.0 Å². The molecule has 0 saturated carbocycles. The molecule has 2 aromatic rings. The van der Waals surface area contributed by atoms with E-state index >= 15 is 0 Å². The molecule has 0 aliphatic rings. The Morgan fingerprint density at radius 1 is 0.591 bits per heavy atom. The van der Waals surface area contributed by atoms with E-state index in [1.807, 2.05) is 11.0 Å². The number of hydrogen-bond acceptors (Lipinski definition) is 4. The van der Waals surface area contributed by atoms with Gasteiger partial charge >= 0.3 is 0 Å². The van der Waals surface area contributed by atoms with E-state index in [9.17, 15) is 0 Å². The second-order valence-corrected chi connectivity index (χ2v) is 8.60. The van der Waals surface area contributed by atoms with Gasteiger partial charge in [0.05, 0.1) is 22.4 Å². The van der Waals surface area contributed by atoms with E-state index in [2.05, 4.69) is 65.4 Å². The smallest absolute Gasteiger partial charge is 0.0797 e. The molecule has 0 spiro atoms. The summed E-state index contributed by atoms with van der Waals surface area (Å²) in [5.74, 6) is 2.39. The largest absolute Gasteiger partial charge is 0.249 e. The van der Waals surface area contributed by atoms with Gasteiger partial charge in [-0.15, -0.1) is 22.7 Å². The van der Waals surface area contributed by atoms with Gasteiger partial charge in [0.15, 0.2) is 0 Å². The standard InChI is InChI=1S/2C9H15NS/c2*1-6(2)8-9(7(3)4)11-5-10-8/h2*5-7H,1-4H3. The summed E-state index contributed by atoms with van der Waals surface area (Å²) in [6, 6.07) is 0. The van der Waals surface area contributed by atoms with E-state index < -0.39 is 0 Å². The van der Waals surface area contributed by atoms with Crippen molar-refractivity contribution in [1.29, 1.82) is 0 Å². The first-order chi connectivity index (χ1) is 10.3. The van der Waals surface area contributed by atoms with Gasteiger partial charge in [-0.25, -0.2) is 9.97 Å². The van der Waals surface area contributed by atoms with E-state index in [4.69, 9.17) is 0 Å². The maximum atomic E-state index is 4.36. The minimum absolute atomic E-state index is 0.568. The molecule has 2 heterocycles. The molecule has 0 N–H and O–H groups in total. The lowest BCUT2D eigenvalue weighted by Crippen LogP contribution is -1.94. The van der Waals surface area contributed by atoms with Crippen molar-refractivity contribution in [2.45, 2.75) is 79.1 Å². The molecule has 124 valence electrons. The zero-order valence-corrected chi connectivity index (χ0v) is 16.8. The molecule has 0 radical (unpaired) electrons. The Labute approximate surface area is 144 Å². The molecule has 2 rings (SSSR count). The van der Waals surface area contributed by atoms with Crippen LogP contribution in [0.25, 0.3) is 0 Å². The lowest BCUT2D eigenvalue weighted by atomic mass is 10.0. The van der Waals surface area contributed by atoms with E-state index in [1.165, 1.54) is 21.1 Å². The van der Waals surface area contributed by atoms with Crippen LogP contribution >= 0.6 is 22.7 Å². The van der Waals surface area contributed by atoms with Crippen molar-refractivity contribution in [1.82, 2.24) is 9.97 Å². The maximum absolute atomic E-state index is 4.36. The molecule has 0 bridgehead atoms. The average Bonchev–Trinajstić information content (AvgIpc) is 3.08. The van der Waals surface area contributed by atoms with Crippen LogP contribution in [0.1, 0.15) is 100 Å². The predicted octanol–water partition coefficient (Wildman–Crippen LogP) is 6.78. The van der Waals surface area contributed by atoms with Crippen molar-refractivity contribution in [3.63, 3.8) is 0 Å². The molecule has 2 aromatic heterocycles. The molecule has 0 atom stereocenters. The van der Waals surface area contributed by atoms with Crippen LogP contribution in [0.3, 0.4) is 0 Å². The fourth-order valence-corrected chi connectivity index (χ4v) is 4.18. The van der Waals surface area contributed by atoms with Gasteiger partial charge in [0, 0.05) is 9.75 Å². The van der Waals surface area contributed by atoms with Crippen molar-refractivity contribution in [2.75, 3.05) is 0 Å². The first-order valence-corrected chi connectivity index (χ1v) is 9.88. The van der Waals surface area contributed by atoms with Gasteiger partial charge in [0.1, 0.15) is 0 Å². The molecular weight excluding hydrogens is 308 g/mol. The number of rotatable bonds is 4.